The van der Waals surface area contributed by atoms with Crippen LogP contribution in [-0.4, -0.2) is 11.4 Å². The highest BCUT2D eigenvalue weighted by Gasteiger charge is 2.21. The van der Waals surface area contributed by atoms with E-state index in [4.69, 9.17) is 0 Å². The van der Waals surface area contributed by atoms with E-state index >= 15 is 0 Å². The van der Waals surface area contributed by atoms with Crippen molar-refractivity contribution < 1.29 is 9.90 Å². The standard InChI is InChI=1S/C15H11NO2S/c17-10-11(18)9-16-12-5-1-3-7-14(12)19-15-8-4-2-6-13(15)16/h1-10,18H/b11-9-. The first-order chi connectivity index (χ1) is 9.29. The van der Waals surface area contributed by atoms with Gasteiger partial charge >= 0.3 is 0 Å². The van der Waals surface area contributed by atoms with Gasteiger partial charge in [-0.15, -0.1) is 0 Å². The molecular formula is C15H11NO2S. The number of nitrogens with zero attached hydrogens (tertiary/aromatic N) is 1. The Kier molecular flexibility index (Phi) is 3.01. The van der Waals surface area contributed by atoms with Crippen LogP contribution in [0.5, 0.6) is 0 Å². The summed E-state index contributed by atoms with van der Waals surface area (Å²) in [5.41, 5.74) is 1.92. The first-order valence-corrected chi connectivity index (χ1v) is 6.62. The summed E-state index contributed by atoms with van der Waals surface area (Å²) in [5, 5.41) is 9.51. The molecule has 0 bridgehead atoms. The van der Waals surface area contributed by atoms with Crippen LogP contribution in [-0.2, 0) is 4.79 Å². The monoisotopic (exact) mass is 269 g/mol. The Bertz CT molecular complexity index is 621. The normalized spacial score (nSPS) is 13.7. The third kappa shape index (κ3) is 2.11. The van der Waals surface area contributed by atoms with Crippen molar-refractivity contribution in [2.75, 3.05) is 4.90 Å². The number of aliphatic hydroxyl groups is 1. The highest BCUT2D eigenvalue weighted by Crippen LogP contribution is 2.47. The molecule has 0 saturated heterocycles. The molecule has 0 amide bonds. The first-order valence-electron chi connectivity index (χ1n) is 5.81. The lowest BCUT2D eigenvalue weighted by Crippen LogP contribution is -2.14. The quantitative estimate of drug-likeness (QED) is 0.510. The van der Waals surface area contributed by atoms with E-state index in [0.717, 1.165) is 21.2 Å². The lowest BCUT2D eigenvalue weighted by molar-refractivity contribution is -0.107. The zero-order valence-corrected chi connectivity index (χ0v) is 10.8. The average molecular weight is 269 g/mol. The third-order valence-corrected chi connectivity index (χ3v) is 3.98. The number of fused-ring (bicyclic) bond motifs is 2. The van der Waals surface area contributed by atoms with Crippen molar-refractivity contribution in [3.05, 3.63) is 60.5 Å². The summed E-state index contributed by atoms with van der Waals surface area (Å²) in [7, 11) is 0. The SMILES string of the molecule is O=C/C(O)=C/N1c2ccccc2Sc2ccccc21. The third-order valence-electron chi connectivity index (χ3n) is 2.85. The van der Waals surface area contributed by atoms with Gasteiger partial charge in [-0.05, 0) is 24.3 Å². The largest absolute Gasteiger partial charge is 0.504 e. The van der Waals surface area contributed by atoms with Gasteiger partial charge in [0, 0.05) is 9.79 Å². The zero-order chi connectivity index (χ0) is 13.2. The molecule has 0 atom stereocenters. The summed E-state index contributed by atoms with van der Waals surface area (Å²) >= 11 is 1.68. The van der Waals surface area contributed by atoms with E-state index in [2.05, 4.69) is 0 Å². The van der Waals surface area contributed by atoms with Gasteiger partial charge in [0.05, 0.1) is 17.6 Å². The maximum absolute atomic E-state index is 10.7. The highest BCUT2D eigenvalue weighted by molar-refractivity contribution is 7.99. The predicted molar refractivity (Wildman–Crippen MR) is 75.9 cm³/mol. The van der Waals surface area contributed by atoms with E-state index in [9.17, 15) is 9.90 Å². The van der Waals surface area contributed by atoms with Gasteiger partial charge in [0.25, 0.3) is 0 Å². The molecule has 1 heterocycles. The van der Waals surface area contributed by atoms with Crippen molar-refractivity contribution in [3.63, 3.8) is 0 Å². The molecule has 0 aromatic heterocycles. The molecule has 1 aliphatic heterocycles. The van der Waals surface area contributed by atoms with Gasteiger partial charge in [-0.1, -0.05) is 36.0 Å². The minimum Gasteiger partial charge on any atom is -0.504 e. The highest BCUT2D eigenvalue weighted by atomic mass is 32.2. The molecule has 0 saturated carbocycles. The van der Waals surface area contributed by atoms with Gasteiger partial charge in [-0.3, -0.25) is 4.79 Å². The fourth-order valence-corrected chi connectivity index (χ4v) is 3.11. The molecule has 0 aliphatic carbocycles. The summed E-state index contributed by atoms with van der Waals surface area (Å²) in [6.45, 7) is 0. The van der Waals surface area contributed by atoms with Crippen molar-refractivity contribution in [3.8, 4) is 0 Å². The van der Waals surface area contributed by atoms with Crippen LogP contribution in [0.3, 0.4) is 0 Å². The van der Waals surface area contributed by atoms with Gasteiger partial charge < -0.3 is 10.0 Å². The molecule has 4 heteroatoms. The van der Waals surface area contributed by atoms with E-state index in [0.29, 0.717) is 6.29 Å². The Morgan fingerprint density at radius 3 is 2.05 bits per heavy atom. The number of benzene rings is 2. The van der Waals surface area contributed by atoms with Crippen LogP contribution >= 0.6 is 11.8 Å². The van der Waals surface area contributed by atoms with Gasteiger partial charge in [0.2, 0.25) is 0 Å². The van der Waals surface area contributed by atoms with E-state index in [1.165, 1.54) is 6.20 Å². The van der Waals surface area contributed by atoms with Crippen molar-refractivity contribution in [2.45, 2.75) is 9.79 Å². The summed E-state index contributed by atoms with van der Waals surface area (Å²) in [4.78, 5) is 14.7. The minimum atomic E-state index is -0.295. The van der Waals surface area contributed by atoms with Crippen molar-refractivity contribution in [2.24, 2.45) is 0 Å². The molecule has 0 radical (unpaired) electrons. The lowest BCUT2D eigenvalue weighted by atomic mass is 10.2. The predicted octanol–water partition coefficient (Wildman–Crippen LogP) is 3.89. The van der Waals surface area contributed by atoms with E-state index in [1.807, 2.05) is 53.4 Å². The van der Waals surface area contributed by atoms with Gasteiger partial charge in [0.1, 0.15) is 0 Å². The number of anilines is 2. The van der Waals surface area contributed by atoms with E-state index in [1.54, 1.807) is 11.8 Å². The fourth-order valence-electron chi connectivity index (χ4n) is 2.03. The Labute approximate surface area is 115 Å². The number of hydrogen-bond donors (Lipinski definition) is 1. The van der Waals surface area contributed by atoms with Gasteiger partial charge in [-0.25, -0.2) is 0 Å². The number of carbonyl (C=O) groups excluding carboxylic acids is 1. The average Bonchev–Trinajstić information content (AvgIpc) is 2.46. The smallest absolute Gasteiger partial charge is 0.185 e. The lowest BCUT2D eigenvalue weighted by Gasteiger charge is -2.29. The molecule has 2 aromatic rings. The summed E-state index contributed by atoms with van der Waals surface area (Å²) in [6, 6.07) is 15.8. The topological polar surface area (TPSA) is 40.5 Å². The molecule has 0 unspecified atom stereocenters. The number of aliphatic hydroxyl groups excluding tert-OH is 1. The van der Waals surface area contributed by atoms with E-state index in [-0.39, 0.29) is 5.76 Å². The summed E-state index contributed by atoms with van der Waals surface area (Å²) < 4.78 is 0. The number of carbonyl (C=O) groups is 1. The number of aldehydes is 1. The molecule has 3 nitrogen and oxygen atoms in total. The van der Waals surface area contributed by atoms with Gasteiger partial charge in [-0.2, -0.15) is 0 Å². The molecule has 2 aromatic carbocycles. The van der Waals surface area contributed by atoms with Gasteiger partial charge in [0.15, 0.2) is 12.0 Å². The number of rotatable bonds is 2. The van der Waals surface area contributed by atoms with Crippen molar-refractivity contribution >= 4 is 29.4 Å². The molecule has 1 N–H and O–H groups in total. The Morgan fingerprint density at radius 1 is 1.00 bits per heavy atom. The molecule has 3 rings (SSSR count). The molecule has 94 valence electrons. The molecule has 19 heavy (non-hydrogen) atoms. The Hall–Kier alpha value is -2.20. The number of hydrogen-bond acceptors (Lipinski definition) is 4. The molecule has 0 fully saturated rings. The minimum absolute atomic E-state index is 0.295. The summed E-state index contributed by atoms with van der Waals surface area (Å²) in [5.74, 6) is -0.295. The van der Waals surface area contributed by atoms with Crippen LogP contribution in [0, 0.1) is 0 Å². The summed E-state index contributed by atoms with van der Waals surface area (Å²) in [6.07, 6.45) is 1.89. The van der Waals surface area contributed by atoms with Crippen LogP contribution in [0.25, 0.3) is 0 Å². The second kappa shape index (κ2) is 4.82. The van der Waals surface area contributed by atoms with Crippen LogP contribution in [0.4, 0.5) is 11.4 Å². The van der Waals surface area contributed by atoms with Crippen LogP contribution in [0.1, 0.15) is 0 Å². The van der Waals surface area contributed by atoms with Crippen LogP contribution in [0.15, 0.2) is 70.3 Å². The van der Waals surface area contributed by atoms with Crippen molar-refractivity contribution in [1.82, 2.24) is 0 Å². The fraction of sp³-hybridized carbons (Fsp3) is 0. The Morgan fingerprint density at radius 2 is 1.53 bits per heavy atom. The van der Waals surface area contributed by atoms with Crippen LogP contribution < -0.4 is 4.90 Å². The Balaban J connectivity index is 2.19. The maximum atomic E-state index is 10.7. The number of allylic oxidation sites excluding steroid dienone is 1. The first kappa shape index (κ1) is 11.9. The van der Waals surface area contributed by atoms with Crippen molar-refractivity contribution in [1.29, 1.82) is 0 Å². The zero-order valence-electron chi connectivity index (χ0n) is 9.98. The second-order valence-electron chi connectivity index (χ2n) is 4.08. The molecule has 0 spiro atoms. The van der Waals surface area contributed by atoms with E-state index < -0.39 is 0 Å². The molecular weight excluding hydrogens is 258 g/mol. The maximum Gasteiger partial charge on any atom is 0.185 e. The second-order valence-corrected chi connectivity index (χ2v) is 5.16. The van der Waals surface area contributed by atoms with Crippen LogP contribution in [0.2, 0.25) is 0 Å². The molecule has 1 aliphatic rings. The number of para-hydroxylation sites is 2.